The molecular weight excluding hydrogens is 242 g/mol. The molecule has 0 aliphatic carbocycles. The maximum absolute atomic E-state index is 6.37. The summed E-state index contributed by atoms with van der Waals surface area (Å²) in [6.07, 6.45) is 3.77. The Kier molecular flexibility index (Phi) is 4.95. The fourth-order valence-electron chi connectivity index (χ4n) is 2.66. The quantitative estimate of drug-likeness (QED) is 0.904. The van der Waals surface area contributed by atoms with Crippen molar-refractivity contribution in [3.8, 4) is 5.75 Å². The van der Waals surface area contributed by atoms with Crippen molar-refractivity contribution in [1.29, 1.82) is 0 Å². The van der Waals surface area contributed by atoms with Crippen molar-refractivity contribution in [3.05, 3.63) is 29.3 Å². The third-order valence-electron chi connectivity index (χ3n) is 3.80. The minimum atomic E-state index is 0.170. The summed E-state index contributed by atoms with van der Waals surface area (Å²) in [4.78, 5) is 0. The van der Waals surface area contributed by atoms with Crippen LogP contribution in [0.3, 0.4) is 0 Å². The first kappa shape index (κ1) is 13.8. The van der Waals surface area contributed by atoms with E-state index in [0.29, 0.717) is 0 Å². The highest BCUT2D eigenvalue weighted by Gasteiger charge is 2.19. The van der Waals surface area contributed by atoms with E-state index in [0.717, 1.165) is 18.1 Å². The van der Waals surface area contributed by atoms with Gasteiger partial charge in [0.15, 0.2) is 0 Å². The van der Waals surface area contributed by atoms with E-state index < -0.39 is 0 Å². The maximum Gasteiger partial charge on any atom is 0.119 e. The molecule has 0 amide bonds. The predicted molar refractivity (Wildman–Crippen MR) is 79.3 cm³/mol. The Bertz CT molecular complexity index is 388. The number of benzene rings is 1. The highest BCUT2D eigenvalue weighted by molar-refractivity contribution is 7.99. The SMILES string of the molecule is COc1ccc(C(N)CC2CCSCC2)c(C)c1. The van der Waals surface area contributed by atoms with Gasteiger partial charge in [-0.25, -0.2) is 0 Å². The van der Waals surface area contributed by atoms with Gasteiger partial charge < -0.3 is 10.5 Å². The number of ether oxygens (including phenoxy) is 1. The minimum absolute atomic E-state index is 0.170. The number of hydrogen-bond acceptors (Lipinski definition) is 3. The molecule has 0 aromatic heterocycles. The first-order valence-electron chi connectivity index (χ1n) is 6.68. The normalized spacial score (nSPS) is 18.6. The fourth-order valence-corrected chi connectivity index (χ4v) is 3.86. The molecular formula is C15H23NOS. The van der Waals surface area contributed by atoms with E-state index in [2.05, 4.69) is 30.8 Å². The Labute approximate surface area is 114 Å². The number of thioether (sulfide) groups is 1. The number of hydrogen-bond donors (Lipinski definition) is 1. The van der Waals surface area contributed by atoms with Crippen LogP contribution in [0, 0.1) is 12.8 Å². The van der Waals surface area contributed by atoms with Gasteiger partial charge in [-0.3, -0.25) is 0 Å². The monoisotopic (exact) mass is 265 g/mol. The van der Waals surface area contributed by atoms with Crippen LogP contribution in [-0.4, -0.2) is 18.6 Å². The molecule has 1 unspecified atom stereocenters. The molecule has 1 heterocycles. The summed E-state index contributed by atoms with van der Waals surface area (Å²) in [6, 6.07) is 6.38. The summed E-state index contributed by atoms with van der Waals surface area (Å²) in [7, 11) is 1.70. The van der Waals surface area contributed by atoms with Crippen LogP contribution in [0.15, 0.2) is 18.2 Å². The Morgan fingerprint density at radius 2 is 2.11 bits per heavy atom. The van der Waals surface area contributed by atoms with Gasteiger partial charge in [0.05, 0.1) is 7.11 Å². The molecule has 1 aromatic rings. The lowest BCUT2D eigenvalue weighted by atomic mass is 9.89. The molecule has 0 saturated carbocycles. The molecule has 18 heavy (non-hydrogen) atoms. The first-order chi connectivity index (χ1) is 8.70. The summed E-state index contributed by atoms with van der Waals surface area (Å²) < 4.78 is 5.24. The number of aryl methyl sites for hydroxylation is 1. The molecule has 1 aliphatic rings. The Hall–Kier alpha value is -0.670. The molecule has 2 nitrogen and oxygen atoms in total. The molecule has 1 aliphatic heterocycles. The topological polar surface area (TPSA) is 35.2 Å². The van der Waals surface area contributed by atoms with Crippen molar-refractivity contribution in [2.45, 2.75) is 32.2 Å². The highest BCUT2D eigenvalue weighted by Crippen LogP contribution is 2.31. The molecule has 3 heteroatoms. The Morgan fingerprint density at radius 3 is 2.72 bits per heavy atom. The second kappa shape index (κ2) is 6.48. The molecule has 0 bridgehead atoms. The van der Waals surface area contributed by atoms with Crippen LogP contribution < -0.4 is 10.5 Å². The summed E-state index contributed by atoms with van der Waals surface area (Å²) in [5, 5.41) is 0. The highest BCUT2D eigenvalue weighted by atomic mass is 32.2. The maximum atomic E-state index is 6.37. The summed E-state index contributed by atoms with van der Waals surface area (Å²) >= 11 is 2.07. The van der Waals surface area contributed by atoms with Gasteiger partial charge in [0.2, 0.25) is 0 Å². The van der Waals surface area contributed by atoms with Gasteiger partial charge in [-0.05, 0) is 66.9 Å². The lowest BCUT2D eigenvalue weighted by Crippen LogP contribution is -2.19. The van der Waals surface area contributed by atoms with E-state index in [-0.39, 0.29) is 6.04 Å². The van der Waals surface area contributed by atoms with Crippen molar-refractivity contribution in [1.82, 2.24) is 0 Å². The molecule has 1 aromatic carbocycles. The van der Waals surface area contributed by atoms with E-state index in [4.69, 9.17) is 10.5 Å². The second-order valence-electron chi connectivity index (χ2n) is 5.12. The number of rotatable bonds is 4. The molecule has 0 spiro atoms. The standard InChI is InChI=1S/C15H23NOS/c1-11-9-13(17-2)3-4-14(11)15(16)10-12-5-7-18-8-6-12/h3-4,9,12,15H,5-8,10,16H2,1-2H3. The lowest BCUT2D eigenvalue weighted by Gasteiger charge is -2.25. The Balaban J connectivity index is 2.01. The van der Waals surface area contributed by atoms with Gasteiger partial charge in [-0.1, -0.05) is 6.07 Å². The van der Waals surface area contributed by atoms with Crippen LogP contribution in [0.1, 0.15) is 36.4 Å². The van der Waals surface area contributed by atoms with Gasteiger partial charge in [0.1, 0.15) is 5.75 Å². The van der Waals surface area contributed by atoms with Crippen LogP contribution >= 0.6 is 11.8 Å². The van der Waals surface area contributed by atoms with E-state index in [1.165, 1.54) is 35.5 Å². The Morgan fingerprint density at radius 1 is 1.39 bits per heavy atom. The van der Waals surface area contributed by atoms with Crippen LogP contribution in [-0.2, 0) is 0 Å². The van der Waals surface area contributed by atoms with Gasteiger partial charge in [-0.15, -0.1) is 0 Å². The zero-order valence-corrected chi connectivity index (χ0v) is 12.1. The van der Waals surface area contributed by atoms with Crippen LogP contribution in [0.2, 0.25) is 0 Å². The van der Waals surface area contributed by atoms with Crippen molar-refractivity contribution in [2.75, 3.05) is 18.6 Å². The van der Waals surface area contributed by atoms with Gasteiger partial charge in [-0.2, -0.15) is 11.8 Å². The molecule has 2 rings (SSSR count). The third-order valence-corrected chi connectivity index (χ3v) is 4.85. The van der Waals surface area contributed by atoms with E-state index >= 15 is 0 Å². The summed E-state index contributed by atoms with van der Waals surface area (Å²) in [5.74, 6) is 4.33. The smallest absolute Gasteiger partial charge is 0.119 e. The van der Waals surface area contributed by atoms with E-state index in [1.807, 2.05) is 6.07 Å². The largest absolute Gasteiger partial charge is 0.497 e. The van der Waals surface area contributed by atoms with Gasteiger partial charge in [0.25, 0.3) is 0 Å². The fraction of sp³-hybridized carbons (Fsp3) is 0.600. The lowest BCUT2D eigenvalue weighted by molar-refractivity contribution is 0.407. The van der Waals surface area contributed by atoms with Crippen molar-refractivity contribution < 1.29 is 4.74 Å². The molecule has 2 N–H and O–H groups in total. The number of nitrogens with two attached hydrogens (primary N) is 1. The van der Waals surface area contributed by atoms with Crippen LogP contribution in [0.4, 0.5) is 0 Å². The van der Waals surface area contributed by atoms with Gasteiger partial charge >= 0.3 is 0 Å². The predicted octanol–water partition coefficient (Wildman–Crippen LogP) is 3.54. The minimum Gasteiger partial charge on any atom is -0.497 e. The van der Waals surface area contributed by atoms with E-state index in [1.54, 1.807) is 7.11 Å². The molecule has 100 valence electrons. The average molecular weight is 265 g/mol. The van der Waals surface area contributed by atoms with Crippen LogP contribution in [0.5, 0.6) is 5.75 Å². The molecule has 0 radical (unpaired) electrons. The van der Waals surface area contributed by atoms with Crippen LogP contribution in [0.25, 0.3) is 0 Å². The number of methoxy groups -OCH3 is 1. The van der Waals surface area contributed by atoms with Crippen molar-refractivity contribution in [2.24, 2.45) is 11.7 Å². The van der Waals surface area contributed by atoms with E-state index in [9.17, 15) is 0 Å². The molecule has 1 fully saturated rings. The van der Waals surface area contributed by atoms with Gasteiger partial charge in [0, 0.05) is 6.04 Å². The second-order valence-corrected chi connectivity index (χ2v) is 6.35. The van der Waals surface area contributed by atoms with Crippen molar-refractivity contribution >= 4 is 11.8 Å². The summed E-state index contributed by atoms with van der Waals surface area (Å²) in [5.41, 5.74) is 8.89. The molecule has 1 saturated heterocycles. The third kappa shape index (κ3) is 3.42. The summed E-state index contributed by atoms with van der Waals surface area (Å²) in [6.45, 7) is 2.12. The molecule has 1 atom stereocenters. The zero-order chi connectivity index (χ0) is 13.0. The first-order valence-corrected chi connectivity index (χ1v) is 7.84. The zero-order valence-electron chi connectivity index (χ0n) is 11.3. The average Bonchev–Trinajstić information content (AvgIpc) is 2.39. The van der Waals surface area contributed by atoms with Crippen molar-refractivity contribution in [3.63, 3.8) is 0 Å².